The smallest absolute Gasteiger partial charge is 0.264 e. The zero-order chi connectivity index (χ0) is 22.9. The van der Waals surface area contributed by atoms with Crippen molar-refractivity contribution >= 4 is 27.4 Å². The summed E-state index contributed by atoms with van der Waals surface area (Å²) in [6.07, 6.45) is 4.00. The van der Waals surface area contributed by atoms with Crippen molar-refractivity contribution < 1.29 is 13.2 Å². The third kappa shape index (κ3) is 4.27. The largest absolute Gasteiger partial charge is 0.307 e. The molecule has 1 heterocycles. The van der Waals surface area contributed by atoms with Crippen LogP contribution in [0.15, 0.2) is 65.7 Å². The molecule has 1 atom stereocenters. The van der Waals surface area contributed by atoms with Gasteiger partial charge in [0, 0.05) is 18.2 Å². The van der Waals surface area contributed by atoms with Gasteiger partial charge in [0.25, 0.3) is 15.9 Å². The number of hydrogen-bond donors (Lipinski definition) is 1. The number of nitrogens with one attached hydrogen (secondary N) is 1. The van der Waals surface area contributed by atoms with Crippen molar-refractivity contribution in [3.8, 4) is 0 Å². The lowest BCUT2D eigenvalue weighted by Crippen LogP contribution is -2.31. The Morgan fingerprint density at radius 3 is 2.56 bits per heavy atom. The lowest BCUT2D eigenvalue weighted by Gasteiger charge is -2.24. The Kier molecular flexibility index (Phi) is 6.06. The summed E-state index contributed by atoms with van der Waals surface area (Å²) < 4.78 is 30.1. The average Bonchev–Trinajstić information content (AvgIpc) is 3.53. The molecule has 8 heteroatoms. The number of amides is 1. The van der Waals surface area contributed by atoms with Gasteiger partial charge in [-0.1, -0.05) is 24.3 Å². The minimum absolute atomic E-state index is 0.121. The molecule has 1 aliphatic carbocycles. The Labute approximate surface area is 189 Å². The number of rotatable bonds is 8. The second-order valence-corrected chi connectivity index (χ2v) is 10.0. The fourth-order valence-electron chi connectivity index (χ4n) is 3.93. The van der Waals surface area contributed by atoms with Crippen LogP contribution in [0.3, 0.4) is 0 Å². The molecule has 2 aromatic carbocycles. The molecule has 1 fully saturated rings. The third-order valence-corrected chi connectivity index (χ3v) is 8.00. The normalized spacial score (nSPS) is 14.7. The highest BCUT2D eigenvalue weighted by molar-refractivity contribution is 7.92. The van der Waals surface area contributed by atoms with Crippen LogP contribution in [-0.2, 0) is 10.0 Å². The first-order valence-corrected chi connectivity index (χ1v) is 12.3. The number of para-hydroxylation sites is 1. The van der Waals surface area contributed by atoms with E-state index in [1.54, 1.807) is 62.5 Å². The van der Waals surface area contributed by atoms with Crippen LogP contribution in [-0.4, -0.2) is 30.7 Å². The minimum atomic E-state index is -3.84. The van der Waals surface area contributed by atoms with Crippen LogP contribution in [0.2, 0.25) is 0 Å². The molecule has 0 radical (unpaired) electrons. The summed E-state index contributed by atoms with van der Waals surface area (Å²) in [6, 6.07) is 15.7. The number of benzene rings is 2. The monoisotopic (exact) mass is 452 g/mol. The molecule has 0 aliphatic heterocycles. The molecule has 0 bridgehead atoms. The highest BCUT2D eigenvalue weighted by atomic mass is 32.2. The van der Waals surface area contributed by atoms with Crippen LogP contribution < -0.4 is 9.62 Å². The molecule has 0 unspecified atom stereocenters. The molecule has 1 saturated carbocycles. The zero-order valence-corrected chi connectivity index (χ0v) is 19.3. The number of hydrogen-bond acceptors (Lipinski definition) is 4. The quantitative estimate of drug-likeness (QED) is 0.540. The lowest BCUT2D eigenvalue weighted by atomic mass is 10.1. The Hall–Kier alpha value is -3.13. The molecular weight excluding hydrogens is 424 g/mol. The van der Waals surface area contributed by atoms with E-state index in [-0.39, 0.29) is 29.0 Å². The topological polar surface area (TPSA) is 84.3 Å². The van der Waals surface area contributed by atoms with Gasteiger partial charge in [-0.3, -0.25) is 9.10 Å². The van der Waals surface area contributed by atoms with Crippen molar-refractivity contribution in [3.63, 3.8) is 0 Å². The van der Waals surface area contributed by atoms with Crippen LogP contribution in [0.1, 0.15) is 48.7 Å². The van der Waals surface area contributed by atoms with E-state index in [4.69, 9.17) is 0 Å². The third-order valence-electron chi connectivity index (χ3n) is 5.95. The van der Waals surface area contributed by atoms with Gasteiger partial charge in [-0.25, -0.2) is 13.1 Å². The maximum atomic E-state index is 13.5. The fourth-order valence-corrected chi connectivity index (χ4v) is 5.66. The van der Waals surface area contributed by atoms with E-state index in [0.717, 1.165) is 0 Å². The maximum Gasteiger partial charge on any atom is 0.264 e. The molecule has 1 N–H and O–H groups in total. The average molecular weight is 453 g/mol. The molecule has 1 aliphatic rings. The summed E-state index contributed by atoms with van der Waals surface area (Å²) in [5.41, 5.74) is 1.45. The van der Waals surface area contributed by atoms with E-state index in [1.807, 2.05) is 10.7 Å². The summed E-state index contributed by atoms with van der Waals surface area (Å²) in [4.78, 5) is 13.1. The fraction of sp³-hybridized carbons (Fsp3) is 0.333. The summed E-state index contributed by atoms with van der Waals surface area (Å²) in [5, 5.41) is 7.26. The van der Waals surface area contributed by atoms with Gasteiger partial charge in [-0.05, 0) is 69.4 Å². The van der Waals surface area contributed by atoms with Gasteiger partial charge in [0.2, 0.25) is 0 Å². The van der Waals surface area contributed by atoms with E-state index in [9.17, 15) is 13.2 Å². The Balaban J connectivity index is 1.63. The van der Waals surface area contributed by atoms with Crippen LogP contribution >= 0.6 is 0 Å². The van der Waals surface area contributed by atoms with Crippen LogP contribution in [0, 0.1) is 12.8 Å². The number of nitrogens with zero attached hydrogens (tertiary/aromatic N) is 3. The summed E-state index contributed by atoms with van der Waals surface area (Å²) in [6.45, 7) is 5.90. The van der Waals surface area contributed by atoms with Gasteiger partial charge in [-0.15, -0.1) is 0 Å². The van der Waals surface area contributed by atoms with E-state index in [2.05, 4.69) is 17.3 Å². The Morgan fingerprint density at radius 2 is 1.91 bits per heavy atom. The lowest BCUT2D eigenvalue weighted by molar-refractivity contribution is 0.102. The van der Waals surface area contributed by atoms with Crippen molar-refractivity contribution in [1.29, 1.82) is 0 Å². The molecule has 1 aromatic heterocycles. The van der Waals surface area contributed by atoms with E-state index in [0.29, 0.717) is 23.0 Å². The molecule has 7 nitrogen and oxygen atoms in total. The second kappa shape index (κ2) is 8.78. The standard InChI is InChI=1S/C24H28N4O3S/c1-4-27(21-8-6-5-7-9-21)32(30,31)22-16-20(11-10-17(22)2)24(29)26-23-14-15-25-28(23)18(3)19-12-13-19/h5-11,14-16,18-19H,4,12-13H2,1-3H3,(H,26,29)/t18-/m0/s1. The first-order valence-electron chi connectivity index (χ1n) is 10.9. The Morgan fingerprint density at radius 1 is 1.19 bits per heavy atom. The zero-order valence-electron chi connectivity index (χ0n) is 18.5. The molecule has 168 valence electrons. The van der Waals surface area contributed by atoms with Crippen LogP contribution in [0.5, 0.6) is 0 Å². The number of anilines is 2. The second-order valence-electron chi connectivity index (χ2n) is 8.18. The van der Waals surface area contributed by atoms with Gasteiger partial charge in [0.05, 0.1) is 22.8 Å². The predicted octanol–water partition coefficient (Wildman–Crippen LogP) is 4.63. The van der Waals surface area contributed by atoms with Gasteiger partial charge in [0.15, 0.2) is 0 Å². The molecule has 3 aromatic rings. The maximum absolute atomic E-state index is 13.5. The molecular formula is C24H28N4O3S. The van der Waals surface area contributed by atoms with Gasteiger partial charge in [-0.2, -0.15) is 5.10 Å². The van der Waals surface area contributed by atoms with Crippen molar-refractivity contribution in [1.82, 2.24) is 9.78 Å². The number of aromatic nitrogens is 2. The molecule has 1 amide bonds. The van der Waals surface area contributed by atoms with Crippen molar-refractivity contribution in [3.05, 3.63) is 71.9 Å². The number of sulfonamides is 1. The summed E-state index contributed by atoms with van der Waals surface area (Å²) in [7, 11) is -3.84. The summed E-state index contributed by atoms with van der Waals surface area (Å²) >= 11 is 0. The van der Waals surface area contributed by atoms with Crippen molar-refractivity contribution in [2.24, 2.45) is 5.92 Å². The van der Waals surface area contributed by atoms with Gasteiger partial charge < -0.3 is 5.32 Å². The van der Waals surface area contributed by atoms with Crippen LogP contribution in [0.25, 0.3) is 0 Å². The van der Waals surface area contributed by atoms with Gasteiger partial charge in [0.1, 0.15) is 5.82 Å². The summed E-state index contributed by atoms with van der Waals surface area (Å²) in [5.74, 6) is 0.826. The first-order chi connectivity index (χ1) is 15.3. The molecule has 32 heavy (non-hydrogen) atoms. The number of carbonyl (C=O) groups excluding carboxylic acids is 1. The molecule has 0 saturated heterocycles. The van der Waals surface area contributed by atoms with E-state index in [1.165, 1.54) is 23.2 Å². The molecule has 0 spiro atoms. The van der Waals surface area contributed by atoms with Crippen molar-refractivity contribution in [2.45, 2.75) is 44.6 Å². The highest BCUT2D eigenvalue weighted by Gasteiger charge is 2.31. The van der Waals surface area contributed by atoms with E-state index >= 15 is 0 Å². The first kappa shape index (κ1) is 22.1. The number of aryl methyl sites for hydroxylation is 1. The van der Waals surface area contributed by atoms with Gasteiger partial charge >= 0.3 is 0 Å². The predicted molar refractivity (Wildman–Crippen MR) is 125 cm³/mol. The van der Waals surface area contributed by atoms with Crippen molar-refractivity contribution in [2.75, 3.05) is 16.2 Å². The number of carbonyl (C=O) groups is 1. The van der Waals surface area contributed by atoms with E-state index < -0.39 is 10.0 Å². The Bertz CT molecular complexity index is 1220. The SMILES string of the molecule is CCN(c1ccccc1)S(=O)(=O)c1cc(C(=O)Nc2ccnn2[C@@H](C)C2CC2)ccc1C. The minimum Gasteiger partial charge on any atom is -0.307 e. The molecule has 4 rings (SSSR count). The highest BCUT2D eigenvalue weighted by Crippen LogP contribution is 2.40. The van der Waals surface area contributed by atoms with Crippen LogP contribution in [0.4, 0.5) is 11.5 Å².